The van der Waals surface area contributed by atoms with Gasteiger partial charge < -0.3 is 4.42 Å². The van der Waals surface area contributed by atoms with Crippen molar-refractivity contribution < 1.29 is 4.42 Å². The van der Waals surface area contributed by atoms with Gasteiger partial charge in [-0.3, -0.25) is 0 Å². The predicted molar refractivity (Wildman–Crippen MR) is 268 cm³/mol. The summed E-state index contributed by atoms with van der Waals surface area (Å²) in [6, 6.07) is 83.0. The summed E-state index contributed by atoms with van der Waals surface area (Å²) in [6.45, 7) is 0. The first-order chi connectivity index (χ1) is 32.2. The first-order valence-corrected chi connectivity index (χ1v) is 21.9. The van der Waals surface area contributed by atoms with E-state index in [2.05, 4.69) is 224 Å². The van der Waals surface area contributed by atoms with Gasteiger partial charge in [-0.05, 0) is 103 Å². The van der Waals surface area contributed by atoms with Crippen LogP contribution in [0.15, 0.2) is 241 Å². The molecule has 304 valence electrons. The van der Waals surface area contributed by atoms with Crippen molar-refractivity contribution >= 4 is 32.7 Å². The normalized spacial score (nSPS) is 11.4. The quantitative estimate of drug-likeness (QED) is 0.153. The molecule has 0 unspecified atom stereocenters. The summed E-state index contributed by atoms with van der Waals surface area (Å²) in [5, 5.41) is 4.36. The van der Waals surface area contributed by atoms with E-state index in [1.807, 2.05) is 12.1 Å². The Morgan fingerprint density at radius 3 is 1.32 bits per heavy atom. The van der Waals surface area contributed by atoms with Gasteiger partial charge in [0.25, 0.3) is 0 Å². The summed E-state index contributed by atoms with van der Waals surface area (Å²) in [7, 11) is 0. The van der Waals surface area contributed by atoms with Crippen molar-refractivity contribution in [3.8, 4) is 89.8 Å². The molecule has 2 aromatic heterocycles. The van der Waals surface area contributed by atoms with Gasteiger partial charge in [0.15, 0.2) is 17.5 Å². The molecule has 2 heterocycles. The number of aromatic nitrogens is 3. The molecule has 0 N–H and O–H groups in total. The summed E-state index contributed by atoms with van der Waals surface area (Å²) in [5.74, 6) is 1.77. The fourth-order valence-corrected chi connectivity index (χ4v) is 9.04. The van der Waals surface area contributed by atoms with Crippen LogP contribution in [0.25, 0.3) is 123 Å². The molecular formula is C61H39N3O. The zero-order chi connectivity index (χ0) is 43.1. The first kappa shape index (κ1) is 38.0. The highest BCUT2D eigenvalue weighted by molar-refractivity contribution is 6.14. The van der Waals surface area contributed by atoms with Crippen molar-refractivity contribution in [2.45, 2.75) is 0 Å². The Morgan fingerprint density at radius 2 is 0.692 bits per heavy atom. The minimum Gasteiger partial charge on any atom is -0.456 e. The maximum Gasteiger partial charge on any atom is 0.164 e. The van der Waals surface area contributed by atoms with E-state index in [9.17, 15) is 0 Å². The largest absolute Gasteiger partial charge is 0.456 e. The topological polar surface area (TPSA) is 51.8 Å². The van der Waals surface area contributed by atoms with Crippen LogP contribution in [0.3, 0.4) is 0 Å². The molecule has 12 aromatic rings. The molecule has 4 heteroatoms. The SMILES string of the molecule is c1ccc(-c2ccc(-c3nc(-c4ccc5cc(-c6ccccc6)ccc5c4)nc(-c4ccc5c(c4)oc4cccc(-c6ccc(-c7ccccc7)cc6-c6ccccc6)c45)n3)cc2)cc1. The van der Waals surface area contributed by atoms with Crippen LogP contribution in [0.1, 0.15) is 0 Å². The molecule has 10 aromatic carbocycles. The Hall–Kier alpha value is -8.73. The van der Waals surface area contributed by atoms with Crippen molar-refractivity contribution in [2.75, 3.05) is 0 Å². The highest BCUT2D eigenvalue weighted by Gasteiger charge is 2.19. The lowest BCUT2D eigenvalue weighted by Gasteiger charge is -2.14. The van der Waals surface area contributed by atoms with Gasteiger partial charge in [-0.1, -0.05) is 200 Å². The van der Waals surface area contributed by atoms with E-state index in [4.69, 9.17) is 19.4 Å². The molecule has 0 saturated heterocycles. The molecule has 12 rings (SSSR count). The smallest absolute Gasteiger partial charge is 0.164 e. The average molecular weight is 830 g/mol. The fraction of sp³-hybridized carbons (Fsp3) is 0. The number of benzene rings is 10. The van der Waals surface area contributed by atoms with Crippen molar-refractivity contribution in [1.82, 2.24) is 15.0 Å². The molecule has 0 spiro atoms. The second-order valence-electron chi connectivity index (χ2n) is 16.4. The second-order valence-corrected chi connectivity index (χ2v) is 16.4. The van der Waals surface area contributed by atoms with Crippen LogP contribution in [0.2, 0.25) is 0 Å². The summed E-state index contributed by atoms with van der Waals surface area (Å²) in [6.07, 6.45) is 0. The summed E-state index contributed by atoms with van der Waals surface area (Å²) in [5.41, 5.74) is 15.8. The monoisotopic (exact) mass is 829 g/mol. The van der Waals surface area contributed by atoms with Crippen LogP contribution < -0.4 is 0 Å². The fourth-order valence-electron chi connectivity index (χ4n) is 9.04. The lowest BCUT2D eigenvalue weighted by atomic mass is 9.89. The number of hydrogen-bond acceptors (Lipinski definition) is 4. The molecule has 0 atom stereocenters. The predicted octanol–water partition coefficient (Wildman–Crippen LogP) is 16.3. The van der Waals surface area contributed by atoms with Gasteiger partial charge in [0.05, 0.1) is 0 Å². The number of furan rings is 1. The summed E-state index contributed by atoms with van der Waals surface area (Å²) < 4.78 is 6.72. The van der Waals surface area contributed by atoms with Crippen LogP contribution in [-0.4, -0.2) is 15.0 Å². The van der Waals surface area contributed by atoms with E-state index in [1.165, 1.54) is 22.3 Å². The Kier molecular flexibility index (Phi) is 9.46. The highest BCUT2D eigenvalue weighted by Crippen LogP contribution is 2.43. The van der Waals surface area contributed by atoms with Gasteiger partial charge in [0.1, 0.15) is 11.2 Å². The second kappa shape index (κ2) is 16.2. The highest BCUT2D eigenvalue weighted by atomic mass is 16.3. The number of rotatable bonds is 8. The molecule has 0 radical (unpaired) electrons. The Labute approximate surface area is 376 Å². The minimum atomic E-state index is 0.571. The van der Waals surface area contributed by atoms with E-state index in [1.54, 1.807) is 0 Å². The van der Waals surface area contributed by atoms with Gasteiger partial charge in [-0.25, -0.2) is 15.0 Å². The molecule has 0 bridgehead atoms. The van der Waals surface area contributed by atoms with Gasteiger partial charge in [-0.15, -0.1) is 0 Å². The van der Waals surface area contributed by atoms with Crippen molar-refractivity contribution in [2.24, 2.45) is 0 Å². The van der Waals surface area contributed by atoms with E-state index in [-0.39, 0.29) is 0 Å². The first-order valence-electron chi connectivity index (χ1n) is 21.9. The molecule has 0 amide bonds. The molecule has 0 aliphatic heterocycles. The molecule has 65 heavy (non-hydrogen) atoms. The molecule has 0 aliphatic carbocycles. The summed E-state index contributed by atoms with van der Waals surface area (Å²) in [4.78, 5) is 15.5. The molecule has 4 nitrogen and oxygen atoms in total. The molecule has 0 saturated carbocycles. The van der Waals surface area contributed by atoms with Gasteiger partial charge in [0, 0.05) is 27.5 Å². The number of fused-ring (bicyclic) bond motifs is 4. The lowest BCUT2D eigenvalue weighted by molar-refractivity contribution is 0.669. The van der Waals surface area contributed by atoms with E-state index < -0.39 is 0 Å². The molecule has 0 fully saturated rings. The van der Waals surface area contributed by atoms with E-state index in [0.717, 1.165) is 82.8 Å². The lowest BCUT2D eigenvalue weighted by Crippen LogP contribution is -2.00. The standard InChI is InChI=1S/C61H39N3O/c1-5-14-40(15-6-1)43-24-26-45(27-25-43)59-62-60(50-31-30-47-36-46(28-29-48(47)37-50)41-16-7-2-8-17-41)64-61(63-59)51-33-35-54-57(39-51)65-56-23-13-22-53(58(54)56)52-34-32-49(42-18-9-3-10-19-42)38-55(52)44-20-11-4-12-21-44/h1-39H. The van der Waals surface area contributed by atoms with E-state index >= 15 is 0 Å². The number of hydrogen-bond donors (Lipinski definition) is 0. The third kappa shape index (κ3) is 7.23. The van der Waals surface area contributed by atoms with E-state index in [0.29, 0.717) is 17.5 Å². The Morgan fingerprint density at radius 1 is 0.246 bits per heavy atom. The third-order valence-corrected chi connectivity index (χ3v) is 12.3. The van der Waals surface area contributed by atoms with Crippen LogP contribution in [0, 0.1) is 0 Å². The zero-order valence-electron chi connectivity index (χ0n) is 35.3. The van der Waals surface area contributed by atoms with Gasteiger partial charge in [0.2, 0.25) is 0 Å². The average Bonchev–Trinajstić information content (AvgIpc) is 3.77. The maximum absolute atomic E-state index is 6.72. The van der Waals surface area contributed by atoms with Gasteiger partial charge in [-0.2, -0.15) is 0 Å². The van der Waals surface area contributed by atoms with Crippen LogP contribution >= 0.6 is 0 Å². The Balaban J connectivity index is 0.978. The van der Waals surface area contributed by atoms with Gasteiger partial charge >= 0.3 is 0 Å². The van der Waals surface area contributed by atoms with Crippen LogP contribution in [0.4, 0.5) is 0 Å². The minimum absolute atomic E-state index is 0.571. The Bertz CT molecular complexity index is 3680. The van der Waals surface area contributed by atoms with Crippen LogP contribution in [0.5, 0.6) is 0 Å². The molecular weight excluding hydrogens is 791 g/mol. The zero-order valence-corrected chi connectivity index (χ0v) is 35.3. The maximum atomic E-state index is 6.72. The van der Waals surface area contributed by atoms with Crippen molar-refractivity contribution in [3.05, 3.63) is 237 Å². The molecule has 0 aliphatic rings. The summed E-state index contributed by atoms with van der Waals surface area (Å²) >= 11 is 0. The third-order valence-electron chi connectivity index (χ3n) is 12.3. The number of nitrogens with zero attached hydrogens (tertiary/aromatic N) is 3. The van der Waals surface area contributed by atoms with Crippen molar-refractivity contribution in [3.63, 3.8) is 0 Å². The van der Waals surface area contributed by atoms with Crippen molar-refractivity contribution in [1.29, 1.82) is 0 Å². The van der Waals surface area contributed by atoms with Crippen LogP contribution in [-0.2, 0) is 0 Å².